The van der Waals surface area contributed by atoms with Crippen LogP contribution in [0, 0.1) is 0 Å². The number of phenols is 1. The minimum atomic E-state index is -0.990. The van der Waals surface area contributed by atoms with Crippen molar-refractivity contribution in [1.82, 2.24) is 4.90 Å². The maximum absolute atomic E-state index is 12.4. The number of carboxylic acid groups (broad SMARTS) is 1. The summed E-state index contributed by atoms with van der Waals surface area (Å²) < 4.78 is 5.49. The van der Waals surface area contributed by atoms with Crippen molar-refractivity contribution in [2.24, 2.45) is 0 Å². The van der Waals surface area contributed by atoms with Gasteiger partial charge in [-0.2, -0.15) is 0 Å². The third-order valence-electron chi connectivity index (χ3n) is 3.48. The molecular weight excluding hydrogens is 362 g/mol. The van der Waals surface area contributed by atoms with E-state index in [1.54, 1.807) is 24.3 Å². The van der Waals surface area contributed by atoms with E-state index in [1.165, 1.54) is 12.0 Å². The third-order valence-corrected chi connectivity index (χ3v) is 4.86. The zero-order valence-electron chi connectivity index (χ0n) is 13.5. The van der Waals surface area contributed by atoms with Crippen LogP contribution in [0.3, 0.4) is 0 Å². The van der Waals surface area contributed by atoms with Gasteiger partial charge >= 0.3 is 5.97 Å². The van der Waals surface area contributed by atoms with E-state index in [9.17, 15) is 14.7 Å². The number of aromatic hydroxyl groups is 1. The van der Waals surface area contributed by atoms with Crippen molar-refractivity contribution < 1.29 is 24.5 Å². The highest BCUT2D eigenvalue weighted by Crippen LogP contribution is 2.36. The zero-order chi connectivity index (χ0) is 18.6. The first-order valence-electron chi connectivity index (χ1n) is 7.35. The molecule has 132 valence electrons. The van der Waals surface area contributed by atoms with Crippen LogP contribution in [0.15, 0.2) is 29.7 Å². The fourth-order valence-corrected chi connectivity index (χ4v) is 3.60. The molecule has 8 heteroatoms. The molecule has 1 fully saturated rings. The number of ether oxygens (including phenoxy) is 1. The first kappa shape index (κ1) is 19.0. The Labute approximate surface area is 154 Å². The number of benzene rings is 1. The molecule has 2 rings (SSSR count). The van der Waals surface area contributed by atoms with Crippen molar-refractivity contribution in [3.63, 3.8) is 0 Å². The van der Waals surface area contributed by atoms with E-state index in [-0.39, 0.29) is 24.6 Å². The molecule has 0 radical (unpaired) electrons. The molecule has 0 saturated carbocycles. The van der Waals surface area contributed by atoms with Crippen LogP contribution in [0.5, 0.6) is 11.5 Å². The molecule has 1 heterocycles. The van der Waals surface area contributed by atoms with Crippen molar-refractivity contribution in [3.8, 4) is 11.5 Å². The number of thiocarbonyl (C=S) groups is 1. The molecular formula is C17H17NO5S2. The summed E-state index contributed by atoms with van der Waals surface area (Å²) in [6.45, 7) is 3.69. The van der Waals surface area contributed by atoms with E-state index in [0.29, 0.717) is 32.5 Å². The average molecular weight is 379 g/mol. The van der Waals surface area contributed by atoms with E-state index in [1.807, 2.05) is 0 Å². The Balaban J connectivity index is 2.32. The molecule has 1 amide bonds. The Bertz CT molecular complexity index is 773. The number of rotatable bonds is 7. The number of carbonyl (C=O) groups excluding carboxylic acids is 1. The Morgan fingerprint density at radius 2 is 2.20 bits per heavy atom. The zero-order valence-corrected chi connectivity index (χ0v) is 15.2. The molecule has 0 bridgehead atoms. The normalized spacial score (nSPS) is 15.7. The number of carbonyl (C=O) groups is 2. The maximum Gasteiger partial charge on any atom is 0.305 e. The van der Waals surface area contributed by atoms with Crippen molar-refractivity contribution in [2.75, 3.05) is 13.7 Å². The minimum Gasteiger partial charge on any atom is -0.504 e. The molecule has 1 aliphatic heterocycles. The number of amides is 1. The van der Waals surface area contributed by atoms with E-state index < -0.39 is 5.97 Å². The van der Waals surface area contributed by atoms with Crippen LogP contribution < -0.4 is 4.74 Å². The van der Waals surface area contributed by atoms with Crippen LogP contribution in [-0.4, -0.2) is 45.0 Å². The van der Waals surface area contributed by atoms with Crippen LogP contribution in [0.1, 0.15) is 17.5 Å². The fourth-order valence-electron chi connectivity index (χ4n) is 2.29. The molecule has 0 spiro atoms. The standard InChI is InChI=1S/C17H17NO5S2/c1-3-4-11-7-10(8-12(23-2)15(11)21)9-13-16(22)18(17(24)25-13)6-5-14(19)20/h3,7-9,21H,1,4-6H2,2H3,(H,19,20). The van der Waals surface area contributed by atoms with E-state index in [2.05, 4.69) is 6.58 Å². The number of thioether (sulfide) groups is 1. The van der Waals surface area contributed by atoms with Crippen LogP contribution in [-0.2, 0) is 16.0 Å². The molecule has 0 aromatic heterocycles. The SMILES string of the molecule is C=CCc1cc(C=C2SC(=S)N(CCC(=O)O)C2=O)cc(OC)c1O. The van der Waals surface area contributed by atoms with E-state index in [4.69, 9.17) is 22.1 Å². The Kier molecular flexibility index (Phi) is 6.22. The highest BCUT2D eigenvalue weighted by Gasteiger charge is 2.32. The van der Waals surface area contributed by atoms with Crippen LogP contribution in [0.2, 0.25) is 0 Å². The van der Waals surface area contributed by atoms with Gasteiger partial charge in [0.25, 0.3) is 5.91 Å². The van der Waals surface area contributed by atoms with Gasteiger partial charge in [0.15, 0.2) is 11.5 Å². The van der Waals surface area contributed by atoms with Gasteiger partial charge in [-0.3, -0.25) is 14.5 Å². The highest BCUT2D eigenvalue weighted by molar-refractivity contribution is 8.26. The predicted molar refractivity (Wildman–Crippen MR) is 101 cm³/mol. The van der Waals surface area contributed by atoms with Crippen molar-refractivity contribution in [1.29, 1.82) is 0 Å². The lowest BCUT2D eigenvalue weighted by atomic mass is 10.1. The summed E-state index contributed by atoms with van der Waals surface area (Å²) in [5.41, 5.74) is 1.30. The first-order chi connectivity index (χ1) is 11.9. The largest absolute Gasteiger partial charge is 0.504 e. The number of nitrogens with zero attached hydrogens (tertiary/aromatic N) is 1. The predicted octanol–water partition coefficient (Wildman–Crippen LogP) is 2.81. The second-order valence-corrected chi connectivity index (χ2v) is 6.88. The van der Waals surface area contributed by atoms with Crippen LogP contribution in [0.4, 0.5) is 0 Å². The molecule has 1 saturated heterocycles. The molecule has 25 heavy (non-hydrogen) atoms. The van der Waals surface area contributed by atoms with Crippen molar-refractivity contribution in [2.45, 2.75) is 12.8 Å². The first-order valence-corrected chi connectivity index (χ1v) is 8.57. The highest BCUT2D eigenvalue weighted by atomic mass is 32.2. The van der Waals surface area contributed by atoms with Gasteiger partial charge in [-0.05, 0) is 30.2 Å². The molecule has 0 unspecified atom stereocenters. The Morgan fingerprint density at radius 1 is 1.48 bits per heavy atom. The minimum absolute atomic E-state index is 0.0357. The topological polar surface area (TPSA) is 87.1 Å². The molecule has 1 aliphatic rings. The third kappa shape index (κ3) is 4.40. The lowest BCUT2D eigenvalue weighted by Crippen LogP contribution is -2.30. The molecule has 1 aromatic rings. The average Bonchev–Trinajstić information content (AvgIpc) is 2.82. The van der Waals surface area contributed by atoms with Gasteiger partial charge < -0.3 is 14.9 Å². The molecule has 2 N–H and O–H groups in total. The van der Waals surface area contributed by atoms with Crippen molar-refractivity contribution >= 4 is 46.3 Å². The van der Waals surface area contributed by atoms with Crippen molar-refractivity contribution in [3.05, 3.63) is 40.8 Å². The van der Waals surface area contributed by atoms with Gasteiger partial charge in [0.05, 0.1) is 18.4 Å². The monoisotopic (exact) mass is 379 g/mol. The van der Waals surface area contributed by atoms with Crippen LogP contribution >= 0.6 is 24.0 Å². The Hall–Kier alpha value is -2.32. The Morgan fingerprint density at radius 3 is 2.80 bits per heavy atom. The van der Waals surface area contributed by atoms with E-state index in [0.717, 1.165) is 11.8 Å². The molecule has 0 aliphatic carbocycles. The summed E-state index contributed by atoms with van der Waals surface area (Å²) >= 11 is 6.27. The van der Waals surface area contributed by atoms with Gasteiger partial charge in [-0.25, -0.2) is 0 Å². The lowest BCUT2D eigenvalue weighted by Gasteiger charge is -2.12. The number of allylic oxidation sites excluding steroid dienone is 1. The number of carboxylic acids is 1. The smallest absolute Gasteiger partial charge is 0.305 e. The second kappa shape index (κ2) is 8.17. The summed E-state index contributed by atoms with van der Waals surface area (Å²) in [6, 6.07) is 3.36. The lowest BCUT2D eigenvalue weighted by molar-refractivity contribution is -0.137. The van der Waals surface area contributed by atoms with Gasteiger partial charge in [0.2, 0.25) is 0 Å². The molecule has 0 atom stereocenters. The number of methoxy groups -OCH3 is 1. The summed E-state index contributed by atoms with van der Waals surface area (Å²) in [4.78, 5) is 24.8. The van der Waals surface area contributed by atoms with Gasteiger partial charge in [0, 0.05) is 12.1 Å². The van der Waals surface area contributed by atoms with Crippen LogP contribution in [0.25, 0.3) is 6.08 Å². The number of aliphatic carboxylic acids is 1. The summed E-state index contributed by atoms with van der Waals surface area (Å²) in [5.74, 6) is -0.982. The van der Waals surface area contributed by atoms with Gasteiger partial charge in [-0.15, -0.1) is 6.58 Å². The van der Waals surface area contributed by atoms with Gasteiger partial charge in [0.1, 0.15) is 4.32 Å². The van der Waals surface area contributed by atoms with Gasteiger partial charge in [-0.1, -0.05) is 30.1 Å². The fraction of sp³-hybridized carbons (Fsp3) is 0.235. The molecule has 6 nitrogen and oxygen atoms in total. The quantitative estimate of drug-likeness (QED) is 0.428. The summed E-state index contributed by atoms with van der Waals surface area (Å²) in [7, 11) is 1.45. The summed E-state index contributed by atoms with van der Waals surface area (Å²) in [6.07, 6.45) is 3.58. The second-order valence-electron chi connectivity index (χ2n) is 5.20. The maximum atomic E-state index is 12.4. The number of phenolic OH excluding ortho intramolecular Hbond substituents is 1. The molecule has 1 aromatic carbocycles. The number of hydrogen-bond donors (Lipinski definition) is 2. The number of hydrogen-bond acceptors (Lipinski definition) is 6. The van der Waals surface area contributed by atoms with E-state index >= 15 is 0 Å². The summed E-state index contributed by atoms with van der Waals surface area (Å²) in [5, 5.41) is 18.9.